The summed E-state index contributed by atoms with van der Waals surface area (Å²) in [5.74, 6) is -0.814. The summed E-state index contributed by atoms with van der Waals surface area (Å²) in [6, 6.07) is 9.78. The second kappa shape index (κ2) is 12.3. The molecule has 2 aromatic rings. The second-order valence-corrected chi connectivity index (χ2v) is 10.2. The molecule has 0 aliphatic carbocycles. The molecule has 2 aliphatic heterocycles. The highest BCUT2D eigenvalue weighted by atomic mass is 32.1. The highest BCUT2D eigenvalue weighted by Gasteiger charge is 2.49. The zero-order chi connectivity index (χ0) is 26.4. The first-order chi connectivity index (χ1) is 18.0. The number of aliphatic hydroxyl groups excluding tert-OH is 1. The number of thiophene rings is 1. The fourth-order valence-electron chi connectivity index (χ4n) is 4.90. The third-order valence-electron chi connectivity index (χ3n) is 6.82. The molecule has 1 unspecified atom stereocenters. The molecule has 0 bridgehead atoms. The van der Waals surface area contributed by atoms with E-state index in [9.17, 15) is 19.5 Å². The van der Waals surface area contributed by atoms with Crippen molar-refractivity contribution in [1.82, 2.24) is 9.80 Å². The summed E-state index contributed by atoms with van der Waals surface area (Å²) < 4.78 is 10.9. The topological polar surface area (TPSA) is 96.4 Å². The molecule has 1 aromatic carbocycles. The van der Waals surface area contributed by atoms with Gasteiger partial charge in [0, 0.05) is 29.6 Å². The van der Waals surface area contributed by atoms with E-state index in [1.165, 1.54) is 11.3 Å². The van der Waals surface area contributed by atoms with Crippen LogP contribution in [0.3, 0.4) is 0 Å². The fraction of sp³-hybridized carbons (Fsp3) is 0.464. The Labute approximate surface area is 221 Å². The number of piperidine rings is 1. The lowest BCUT2D eigenvalue weighted by atomic mass is 9.97. The lowest BCUT2D eigenvalue weighted by molar-refractivity contribution is -0.142. The highest BCUT2D eigenvalue weighted by molar-refractivity contribution is 7.10. The zero-order valence-corrected chi connectivity index (χ0v) is 22.2. The summed E-state index contributed by atoms with van der Waals surface area (Å²) in [5.41, 5.74) is 0.550. The normalized spacial score (nSPS) is 19.9. The number of hydrogen-bond donors (Lipinski definition) is 1. The van der Waals surface area contributed by atoms with E-state index in [4.69, 9.17) is 9.47 Å². The number of amides is 2. The van der Waals surface area contributed by atoms with Crippen molar-refractivity contribution < 1.29 is 29.0 Å². The maximum absolute atomic E-state index is 13.3. The zero-order valence-electron chi connectivity index (χ0n) is 21.4. The van der Waals surface area contributed by atoms with E-state index in [1.54, 1.807) is 41.0 Å². The van der Waals surface area contributed by atoms with E-state index in [-0.39, 0.29) is 23.5 Å². The van der Waals surface area contributed by atoms with Crippen LogP contribution in [0.5, 0.6) is 5.75 Å². The maximum Gasteiger partial charge on any atom is 0.409 e. The summed E-state index contributed by atoms with van der Waals surface area (Å²) in [7, 11) is 0. The average molecular weight is 527 g/mol. The molecule has 1 N–H and O–H groups in total. The van der Waals surface area contributed by atoms with E-state index < -0.39 is 17.7 Å². The van der Waals surface area contributed by atoms with Crippen LogP contribution in [0, 0.1) is 0 Å². The van der Waals surface area contributed by atoms with Crippen molar-refractivity contribution in [3.05, 3.63) is 57.8 Å². The molecule has 37 heavy (non-hydrogen) atoms. The van der Waals surface area contributed by atoms with Gasteiger partial charge in [-0.1, -0.05) is 25.8 Å². The number of aliphatic hydroxyl groups is 1. The number of likely N-dealkylation sites (tertiary alicyclic amines) is 2. The van der Waals surface area contributed by atoms with Gasteiger partial charge in [0.15, 0.2) is 0 Å². The molecule has 8 nitrogen and oxygen atoms in total. The Balaban J connectivity index is 1.59. The molecule has 2 fully saturated rings. The Kier molecular flexibility index (Phi) is 8.87. The molecule has 4 rings (SSSR count). The van der Waals surface area contributed by atoms with Crippen molar-refractivity contribution in [3.63, 3.8) is 0 Å². The minimum absolute atomic E-state index is 0.0943. The Bertz CT molecular complexity index is 1120. The Morgan fingerprint density at radius 1 is 1.08 bits per heavy atom. The maximum atomic E-state index is 13.3. The monoisotopic (exact) mass is 526 g/mol. The summed E-state index contributed by atoms with van der Waals surface area (Å²) in [4.78, 5) is 42.8. The van der Waals surface area contributed by atoms with Crippen LogP contribution in [0.2, 0.25) is 0 Å². The summed E-state index contributed by atoms with van der Waals surface area (Å²) in [6.45, 7) is 5.69. The third-order valence-corrected chi connectivity index (χ3v) is 7.75. The molecule has 3 heterocycles. The molecule has 9 heteroatoms. The predicted molar refractivity (Wildman–Crippen MR) is 142 cm³/mol. The predicted octanol–water partition coefficient (Wildman–Crippen LogP) is 5.36. The molecule has 2 amide bonds. The largest absolute Gasteiger partial charge is 0.507 e. The lowest BCUT2D eigenvalue weighted by Crippen LogP contribution is -2.48. The number of benzene rings is 1. The van der Waals surface area contributed by atoms with Gasteiger partial charge in [-0.05, 0) is 61.9 Å². The standard InChI is InChI=1S/C28H34N2O6S/c1-3-5-6-17-36-21-11-9-19(10-12-21)25(31)23-24(22-8-7-18-37-22)30(27(33)26(23)32)20-13-15-29(16-14-20)28(34)35-4-2/h7-12,18,20,24,31H,3-6,13-17H2,1-2H3/b25-23-. The van der Waals surface area contributed by atoms with Gasteiger partial charge in [-0.15, -0.1) is 11.3 Å². The van der Waals surface area contributed by atoms with E-state index in [0.29, 0.717) is 50.5 Å². The number of rotatable bonds is 9. The van der Waals surface area contributed by atoms with Crippen molar-refractivity contribution in [2.24, 2.45) is 0 Å². The van der Waals surface area contributed by atoms with Gasteiger partial charge in [0.1, 0.15) is 11.5 Å². The number of carbonyl (C=O) groups excluding carboxylic acids is 3. The molecule has 0 saturated carbocycles. The van der Waals surface area contributed by atoms with Crippen LogP contribution in [-0.4, -0.2) is 65.0 Å². The van der Waals surface area contributed by atoms with Gasteiger partial charge in [0.05, 0.1) is 24.8 Å². The van der Waals surface area contributed by atoms with Crippen LogP contribution in [-0.2, 0) is 14.3 Å². The number of carbonyl (C=O) groups is 3. The summed E-state index contributed by atoms with van der Waals surface area (Å²) in [6.07, 6.45) is 3.87. The Morgan fingerprint density at radius 3 is 2.43 bits per heavy atom. The van der Waals surface area contributed by atoms with Crippen LogP contribution >= 0.6 is 11.3 Å². The number of Topliss-reactive ketones (excluding diaryl/α,β-unsaturated/α-hetero) is 1. The van der Waals surface area contributed by atoms with Gasteiger partial charge < -0.3 is 24.4 Å². The van der Waals surface area contributed by atoms with Crippen LogP contribution in [0.25, 0.3) is 5.76 Å². The molecule has 1 aromatic heterocycles. The van der Waals surface area contributed by atoms with E-state index >= 15 is 0 Å². The Morgan fingerprint density at radius 2 is 1.81 bits per heavy atom. The molecule has 198 valence electrons. The highest BCUT2D eigenvalue weighted by Crippen LogP contribution is 2.43. The minimum Gasteiger partial charge on any atom is -0.507 e. The van der Waals surface area contributed by atoms with Crippen molar-refractivity contribution in [1.29, 1.82) is 0 Å². The number of hydrogen-bond acceptors (Lipinski definition) is 7. The van der Waals surface area contributed by atoms with E-state index in [0.717, 1.165) is 24.1 Å². The smallest absolute Gasteiger partial charge is 0.409 e. The first-order valence-corrected chi connectivity index (χ1v) is 13.8. The molecular weight excluding hydrogens is 492 g/mol. The van der Waals surface area contributed by atoms with Gasteiger partial charge in [0.25, 0.3) is 11.7 Å². The van der Waals surface area contributed by atoms with Crippen LogP contribution in [0.1, 0.15) is 62.4 Å². The van der Waals surface area contributed by atoms with E-state index in [2.05, 4.69) is 6.92 Å². The Hall–Kier alpha value is -3.33. The molecule has 0 spiro atoms. The van der Waals surface area contributed by atoms with Gasteiger partial charge in [-0.3, -0.25) is 9.59 Å². The van der Waals surface area contributed by atoms with Crippen molar-refractivity contribution in [3.8, 4) is 5.75 Å². The molecular formula is C28H34N2O6S. The summed E-state index contributed by atoms with van der Waals surface area (Å²) in [5, 5.41) is 13.2. The van der Waals surface area contributed by atoms with E-state index in [1.807, 2.05) is 17.5 Å². The molecule has 2 saturated heterocycles. The number of ketones is 1. The lowest BCUT2D eigenvalue weighted by Gasteiger charge is -2.38. The number of unbranched alkanes of at least 4 members (excludes halogenated alkanes) is 2. The minimum atomic E-state index is -0.691. The second-order valence-electron chi connectivity index (χ2n) is 9.22. The molecule has 0 radical (unpaired) electrons. The molecule has 2 aliphatic rings. The molecule has 1 atom stereocenters. The van der Waals surface area contributed by atoms with Gasteiger partial charge >= 0.3 is 6.09 Å². The SMILES string of the molecule is CCCCCOc1ccc(/C(O)=C2/C(=O)C(=O)N(C3CCN(C(=O)OCC)CC3)C2c2cccs2)cc1. The quantitative estimate of drug-likeness (QED) is 0.205. The van der Waals surface area contributed by atoms with Crippen LogP contribution in [0.15, 0.2) is 47.4 Å². The third kappa shape index (κ3) is 5.82. The van der Waals surface area contributed by atoms with Gasteiger partial charge in [0.2, 0.25) is 0 Å². The number of ether oxygens (including phenoxy) is 2. The average Bonchev–Trinajstić information content (AvgIpc) is 3.54. The first-order valence-electron chi connectivity index (χ1n) is 12.9. The van der Waals surface area contributed by atoms with Gasteiger partial charge in [-0.25, -0.2) is 4.79 Å². The van der Waals surface area contributed by atoms with Gasteiger partial charge in [-0.2, -0.15) is 0 Å². The van der Waals surface area contributed by atoms with Crippen molar-refractivity contribution >= 4 is 34.9 Å². The van der Waals surface area contributed by atoms with Crippen LogP contribution < -0.4 is 4.74 Å². The van der Waals surface area contributed by atoms with Crippen molar-refractivity contribution in [2.75, 3.05) is 26.3 Å². The van der Waals surface area contributed by atoms with Crippen molar-refractivity contribution in [2.45, 2.75) is 58.0 Å². The number of nitrogens with zero attached hydrogens (tertiary/aromatic N) is 2. The fourth-order valence-corrected chi connectivity index (χ4v) is 5.73. The summed E-state index contributed by atoms with van der Waals surface area (Å²) >= 11 is 1.44. The first kappa shape index (κ1) is 26.7. The van der Waals surface area contributed by atoms with Crippen LogP contribution in [0.4, 0.5) is 4.79 Å².